The molecule has 0 aliphatic heterocycles. The number of nitrogens with zero attached hydrogens (tertiary/aromatic N) is 1. The molecule has 0 heterocycles. The summed E-state index contributed by atoms with van der Waals surface area (Å²) in [5.74, 6) is -0.700. The van der Waals surface area contributed by atoms with Crippen LogP contribution < -0.4 is 5.73 Å². The topological polar surface area (TPSA) is 97.5 Å². The van der Waals surface area contributed by atoms with Gasteiger partial charge in [0.1, 0.15) is 9.84 Å². The number of nitrogens with two attached hydrogens (primary N) is 1. The van der Waals surface area contributed by atoms with Crippen LogP contribution in [0.25, 0.3) is 0 Å². The normalized spacial score (nSPS) is 20.4. The minimum atomic E-state index is -3.62. The molecule has 1 saturated carbocycles. The molecule has 1 rings (SSSR count). The molecule has 6 nitrogen and oxygen atoms in total. The second kappa shape index (κ2) is 7.39. The van der Waals surface area contributed by atoms with Gasteiger partial charge in [0.15, 0.2) is 0 Å². The minimum Gasteiger partial charge on any atom is -0.329 e. The Morgan fingerprint density at radius 1 is 1.00 bits per heavy atom. The molecule has 126 valence electrons. The number of hydrogen-bond acceptors (Lipinski definition) is 5. The van der Waals surface area contributed by atoms with Crippen LogP contribution in [-0.4, -0.2) is 57.5 Å². The van der Waals surface area contributed by atoms with Gasteiger partial charge in [0, 0.05) is 24.9 Å². The lowest BCUT2D eigenvalue weighted by molar-refractivity contribution is 0.174. The average molecular weight is 341 g/mol. The van der Waals surface area contributed by atoms with E-state index in [-0.39, 0.29) is 11.5 Å². The van der Waals surface area contributed by atoms with Crippen LogP contribution in [-0.2, 0) is 19.9 Å². The molecule has 0 aromatic carbocycles. The van der Waals surface area contributed by atoms with Gasteiger partial charge in [0.05, 0.1) is 11.5 Å². The zero-order chi connectivity index (χ0) is 16.1. The molecule has 0 amide bonds. The maximum atomic E-state index is 12.6. The van der Waals surface area contributed by atoms with Crippen molar-refractivity contribution in [3.8, 4) is 0 Å². The zero-order valence-electron chi connectivity index (χ0n) is 13.0. The van der Waals surface area contributed by atoms with E-state index >= 15 is 0 Å². The molecule has 2 N–H and O–H groups in total. The van der Waals surface area contributed by atoms with Crippen molar-refractivity contribution >= 4 is 19.9 Å². The molecule has 0 atom stereocenters. The number of hydrogen-bond donors (Lipinski definition) is 1. The van der Waals surface area contributed by atoms with Crippen LogP contribution in [0, 0.1) is 0 Å². The first-order chi connectivity index (χ1) is 9.67. The number of sulfonamides is 1. The molecule has 0 saturated heterocycles. The van der Waals surface area contributed by atoms with Gasteiger partial charge in [-0.25, -0.2) is 16.8 Å². The summed E-state index contributed by atoms with van der Waals surface area (Å²) in [7, 11) is -6.92. The highest BCUT2D eigenvalue weighted by Gasteiger charge is 2.41. The second-order valence-corrected chi connectivity index (χ2v) is 10.2. The van der Waals surface area contributed by atoms with Crippen LogP contribution in [0.1, 0.15) is 45.4 Å². The van der Waals surface area contributed by atoms with Gasteiger partial charge in [0.25, 0.3) is 0 Å². The Morgan fingerprint density at radius 2 is 1.52 bits per heavy atom. The Hall–Kier alpha value is -0.180. The molecule has 1 fully saturated rings. The van der Waals surface area contributed by atoms with Crippen LogP contribution in [0.2, 0.25) is 0 Å². The van der Waals surface area contributed by atoms with Gasteiger partial charge in [-0.1, -0.05) is 32.6 Å². The van der Waals surface area contributed by atoms with E-state index in [1.807, 2.05) is 0 Å². The van der Waals surface area contributed by atoms with Crippen molar-refractivity contribution in [2.45, 2.75) is 51.0 Å². The molecule has 0 spiro atoms. The number of sulfone groups is 1. The highest BCUT2D eigenvalue weighted by molar-refractivity contribution is 7.93. The first kappa shape index (κ1) is 18.9. The van der Waals surface area contributed by atoms with E-state index in [1.165, 1.54) is 4.31 Å². The molecule has 8 heteroatoms. The van der Waals surface area contributed by atoms with Crippen LogP contribution >= 0.6 is 0 Å². The fourth-order valence-electron chi connectivity index (χ4n) is 3.14. The maximum absolute atomic E-state index is 12.6. The summed E-state index contributed by atoms with van der Waals surface area (Å²) in [5, 5.41) is 0. The van der Waals surface area contributed by atoms with Crippen molar-refractivity contribution in [2.24, 2.45) is 5.73 Å². The van der Waals surface area contributed by atoms with E-state index in [2.05, 4.69) is 0 Å². The van der Waals surface area contributed by atoms with E-state index in [9.17, 15) is 16.8 Å². The third kappa shape index (κ3) is 5.19. The fraction of sp³-hybridized carbons (Fsp3) is 1.00. The summed E-state index contributed by atoms with van der Waals surface area (Å²) in [6, 6.07) is 0. The van der Waals surface area contributed by atoms with Gasteiger partial charge < -0.3 is 5.73 Å². The Bertz CT molecular complexity index is 520. The first-order valence-electron chi connectivity index (χ1n) is 7.55. The van der Waals surface area contributed by atoms with E-state index in [4.69, 9.17) is 5.73 Å². The summed E-state index contributed by atoms with van der Waals surface area (Å²) in [4.78, 5) is 0. The Labute approximate surface area is 129 Å². The summed E-state index contributed by atoms with van der Waals surface area (Å²) in [6.45, 7) is 2.42. The quantitative estimate of drug-likeness (QED) is 0.689. The maximum Gasteiger partial charge on any atom is 0.215 e. The van der Waals surface area contributed by atoms with Crippen molar-refractivity contribution in [1.82, 2.24) is 4.31 Å². The molecule has 0 unspecified atom stereocenters. The van der Waals surface area contributed by atoms with Crippen LogP contribution in [0.5, 0.6) is 0 Å². The highest BCUT2D eigenvalue weighted by Crippen LogP contribution is 2.33. The van der Waals surface area contributed by atoms with Gasteiger partial charge in [-0.15, -0.1) is 0 Å². The molecule has 0 aromatic rings. The molecule has 0 aromatic heterocycles. The van der Waals surface area contributed by atoms with Gasteiger partial charge >= 0.3 is 0 Å². The van der Waals surface area contributed by atoms with Crippen molar-refractivity contribution in [1.29, 1.82) is 0 Å². The third-order valence-electron chi connectivity index (χ3n) is 4.28. The van der Waals surface area contributed by atoms with E-state index in [1.54, 1.807) is 6.92 Å². The summed E-state index contributed by atoms with van der Waals surface area (Å²) >= 11 is 0. The second-order valence-electron chi connectivity index (χ2n) is 5.95. The lowest BCUT2D eigenvalue weighted by Gasteiger charge is -2.41. The van der Waals surface area contributed by atoms with Gasteiger partial charge in [-0.2, -0.15) is 4.31 Å². The Balaban J connectivity index is 3.02. The van der Waals surface area contributed by atoms with Crippen molar-refractivity contribution in [3.63, 3.8) is 0 Å². The first-order valence-corrected chi connectivity index (χ1v) is 11.2. The van der Waals surface area contributed by atoms with Crippen molar-refractivity contribution in [2.75, 3.05) is 30.9 Å². The predicted molar refractivity (Wildman–Crippen MR) is 85.4 cm³/mol. The van der Waals surface area contributed by atoms with E-state index in [0.717, 1.165) is 44.8 Å². The summed E-state index contributed by atoms with van der Waals surface area (Å²) in [5.41, 5.74) is 5.40. The standard InChI is InChI=1S/C13H28N2O4S2/c1-3-15(21(18,19)11-10-20(2,16)17)13(12-14)8-6-4-5-7-9-13/h3-12,14H2,1-2H3. The largest absolute Gasteiger partial charge is 0.329 e. The van der Waals surface area contributed by atoms with Crippen molar-refractivity contribution in [3.05, 3.63) is 0 Å². The number of rotatable bonds is 7. The average Bonchev–Trinajstić information content (AvgIpc) is 2.63. The molecule has 0 radical (unpaired) electrons. The van der Waals surface area contributed by atoms with Gasteiger partial charge in [-0.3, -0.25) is 0 Å². The van der Waals surface area contributed by atoms with Crippen LogP contribution in [0.3, 0.4) is 0 Å². The molecule has 1 aliphatic rings. The van der Waals surface area contributed by atoms with E-state index in [0.29, 0.717) is 13.1 Å². The van der Waals surface area contributed by atoms with Gasteiger partial charge in [-0.05, 0) is 12.8 Å². The minimum absolute atomic E-state index is 0.291. The monoisotopic (exact) mass is 340 g/mol. The SMILES string of the molecule is CCN(C1(CN)CCCCCC1)S(=O)(=O)CCS(C)(=O)=O. The zero-order valence-corrected chi connectivity index (χ0v) is 14.7. The molecule has 1 aliphatic carbocycles. The smallest absolute Gasteiger partial charge is 0.215 e. The Kier molecular flexibility index (Phi) is 6.64. The van der Waals surface area contributed by atoms with Gasteiger partial charge in [0.2, 0.25) is 10.0 Å². The summed E-state index contributed by atoms with van der Waals surface area (Å²) < 4.78 is 49.2. The Morgan fingerprint density at radius 3 is 1.90 bits per heavy atom. The van der Waals surface area contributed by atoms with Crippen LogP contribution in [0.15, 0.2) is 0 Å². The molecule has 21 heavy (non-hydrogen) atoms. The predicted octanol–water partition coefficient (Wildman–Crippen LogP) is 0.734. The lowest BCUT2D eigenvalue weighted by atomic mass is 9.90. The summed E-state index contributed by atoms with van der Waals surface area (Å²) in [6.07, 6.45) is 6.71. The fourth-order valence-corrected chi connectivity index (χ4v) is 6.65. The molecular formula is C13H28N2O4S2. The third-order valence-corrected chi connectivity index (χ3v) is 7.52. The van der Waals surface area contributed by atoms with Crippen molar-refractivity contribution < 1.29 is 16.8 Å². The lowest BCUT2D eigenvalue weighted by Crippen LogP contribution is -2.56. The number of likely N-dealkylation sites (N-methyl/N-ethyl adjacent to an activating group) is 1. The highest BCUT2D eigenvalue weighted by atomic mass is 32.2. The molecular weight excluding hydrogens is 312 g/mol. The van der Waals surface area contributed by atoms with E-state index < -0.39 is 25.4 Å². The molecule has 0 bridgehead atoms. The van der Waals surface area contributed by atoms with Crippen LogP contribution in [0.4, 0.5) is 0 Å².